The highest BCUT2D eigenvalue weighted by atomic mass is 16.3. The van der Waals surface area contributed by atoms with Gasteiger partial charge < -0.3 is 13.7 Å². The van der Waals surface area contributed by atoms with Crippen LogP contribution in [-0.4, -0.2) is 0 Å². The van der Waals surface area contributed by atoms with Crippen LogP contribution in [0.4, 0.5) is 17.1 Å². The molecule has 13 aromatic rings. The van der Waals surface area contributed by atoms with Crippen LogP contribution < -0.4 is 4.90 Å². The number of benzene rings is 11. The van der Waals surface area contributed by atoms with E-state index in [0.717, 1.165) is 66.3 Å². The van der Waals surface area contributed by atoms with Crippen molar-refractivity contribution in [1.82, 2.24) is 0 Å². The molecule has 0 aliphatic rings. The molecule has 0 bridgehead atoms. The van der Waals surface area contributed by atoms with E-state index >= 15 is 0 Å². The molecule has 0 aliphatic carbocycles. The summed E-state index contributed by atoms with van der Waals surface area (Å²) in [6, 6.07) is 76.4. The van der Waals surface area contributed by atoms with Crippen molar-refractivity contribution in [3.63, 3.8) is 0 Å². The molecule has 0 fully saturated rings. The van der Waals surface area contributed by atoms with Crippen molar-refractivity contribution in [2.45, 2.75) is 0 Å². The zero-order valence-electron chi connectivity index (χ0n) is 33.0. The predicted molar refractivity (Wildman–Crippen MR) is 257 cm³/mol. The van der Waals surface area contributed by atoms with E-state index in [9.17, 15) is 0 Å². The quantitative estimate of drug-likeness (QED) is 0.174. The van der Waals surface area contributed by atoms with Gasteiger partial charge in [-0.15, -0.1) is 0 Å². The lowest BCUT2D eigenvalue weighted by molar-refractivity contribution is 0.669. The molecule has 3 heteroatoms. The second-order valence-corrected chi connectivity index (χ2v) is 16.0. The Morgan fingerprint density at radius 3 is 1.67 bits per heavy atom. The van der Waals surface area contributed by atoms with Crippen molar-refractivity contribution in [2.75, 3.05) is 4.90 Å². The van der Waals surface area contributed by atoms with E-state index in [0.29, 0.717) is 0 Å². The number of nitrogens with zero attached hydrogens (tertiary/aromatic N) is 1. The van der Waals surface area contributed by atoms with Gasteiger partial charge in [-0.3, -0.25) is 0 Å². The number of para-hydroxylation sites is 1. The van der Waals surface area contributed by atoms with Crippen LogP contribution in [0.5, 0.6) is 0 Å². The van der Waals surface area contributed by atoms with Gasteiger partial charge in [0.2, 0.25) is 0 Å². The van der Waals surface area contributed by atoms with E-state index in [1.165, 1.54) is 60.0 Å². The zero-order valence-corrected chi connectivity index (χ0v) is 33.0. The third-order valence-electron chi connectivity index (χ3n) is 12.6. The summed E-state index contributed by atoms with van der Waals surface area (Å²) in [6.45, 7) is 0. The van der Waals surface area contributed by atoms with Gasteiger partial charge in [0, 0.05) is 44.4 Å². The second kappa shape index (κ2) is 13.2. The second-order valence-electron chi connectivity index (χ2n) is 16.0. The summed E-state index contributed by atoms with van der Waals surface area (Å²) >= 11 is 0. The van der Waals surface area contributed by atoms with Crippen LogP contribution in [0.1, 0.15) is 0 Å². The van der Waals surface area contributed by atoms with Crippen LogP contribution in [0.15, 0.2) is 221 Å². The molecule has 13 rings (SSSR count). The Bertz CT molecular complexity index is 3890. The first-order valence-corrected chi connectivity index (χ1v) is 20.8. The molecule has 61 heavy (non-hydrogen) atoms. The molecule has 0 spiro atoms. The van der Waals surface area contributed by atoms with Gasteiger partial charge >= 0.3 is 0 Å². The van der Waals surface area contributed by atoms with E-state index in [1.54, 1.807) is 0 Å². The normalized spacial score (nSPS) is 11.9. The van der Waals surface area contributed by atoms with Crippen molar-refractivity contribution in [3.8, 4) is 22.3 Å². The van der Waals surface area contributed by atoms with Crippen molar-refractivity contribution in [1.29, 1.82) is 0 Å². The average molecular weight is 778 g/mol. The van der Waals surface area contributed by atoms with Gasteiger partial charge in [0.05, 0.1) is 5.69 Å². The van der Waals surface area contributed by atoms with Crippen molar-refractivity contribution < 1.29 is 8.83 Å². The van der Waals surface area contributed by atoms with E-state index in [1.807, 2.05) is 12.1 Å². The fraction of sp³-hybridized carbons (Fsp3) is 0. The highest BCUT2D eigenvalue weighted by Gasteiger charge is 2.20. The third kappa shape index (κ3) is 5.31. The lowest BCUT2D eigenvalue weighted by atomic mass is 9.93. The largest absolute Gasteiger partial charge is 0.456 e. The first kappa shape index (κ1) is 33.8. The number of anilines is 3. The van der Waals surface area contributed by atoms with E-state index < -0.39 is 0 Å². The number of hydrogen-bond acceptors (Lipinski definition) is 3. The fourth-order valence-electron chi connectivity index (χ4n) is 9.72. The molecule has 3 nitrogen and oxygen atoms in total. The minimum Gasteiger partial charge on any atom is -0.456 e. The number of fused-ring (bicyclic) bond motifs is 12. The Labute approximate surface area is 350 Å². The number of rotatable bonds is 5. The van der Waals surface area contributed by atoms with Crippen LogP contribution in [0.3, 0.4) is 0 Å². The van der Waals surface area contributed by atoms with Gasteiger partial charge in [0.1, 0.15) is 22.3 Å². The summed E-state index contributed by atoms with van der Waals surface area (Å²) in [4.78, 5) is 2.38. The van der Waals surface area contributed by atoms with E-state index in [2.05, 4.69) is 205 Å². The van der Waals surface area contributed by atoms with Crippen LogP contribution in [0, 0.1) is 0 Å². The minimum absolute atomic E-state index is 0.859. The maximum atomic E-state index is 6.65. The maximum absolute atomic E-state index is 6.65. The van der Waals surface area contributed by atoms with Gasteiger partial charge in [-0.25, -0.2) is 0 Å². The molecule has 284 valence electrons. The Morgan fingerprint density at radius 1 is 0.279 bits per heavy atom. The third-order valence-corrected chi connectivity index (χ3v) is 12.6. The molecule has 2 heterocycles. The smallest absolute Gasteiger partial charge is 0.137 e. The molecule has 0 atom stereocenters. The SMILES string of the molecule is c1ccc2cc(-c3ccc(N(c4ccc5c(c4)oc4ccc6ccccc6c45)c4ccc(-c5ccc6c(ccc7oc8ccccc8c76)c5)c5ccccc45)cc3)ccc2c1. The zero-order chi connectivity index (χ0) is 40.0. The molecule has 11 aromatic carbocycles. The van der Waals surface area contributed by atoms with E-state index in [4.69, 9.17) is 8.83 Å². The summed E-state index contributed by atoms with van der Waals surface area (Å²) in [5.74, 6) is 0. The molecule has 0 aliphatic heterocycles. The Kier molecular flexibility index (Phi) is 7.31. The van der Waals surface area contributed by atoms with Crippen LogP contribution in [-0.2, 0) is 0 Å². The van der Waals surface area contributed by atoms with Gasteiger partial charge in [-0.05, 0) is 121 Å². The Morgan fingerprint density at radius 2 is 0.836 bits per heavy atom. The first-order chi connectivity index (χ1) is 30.2. The standard InChI is InChI=1S/C58H35NO2/c1-2-11-39-33-40(18-17-36(39)9-1)37-19-24-43(25-20-37)59(44-26-28-51-56(35-44)61-55-31-22-38-10-3-4-12-46(38)57(51)55)52-30-29-45(48-13-5-6-14-49(48)52)41-21-27-47-42(34-41)23-32-54-58(47)50-15-7-8-16-53(50)60-54/h1-35H. The van der Waals surface area contributed by atoms with Crippen LogP contribution >= 0.6 is 0 Å². The molecule has 0 radical (unpaired) electrons. The molecular formula is C58H35NO2. The van der Waals surface area contributed by atoms with Gasteiger partial charge in [0.25, 0.3) is 0 Å². The summed E-state index contributed by atoms with van der Waals surface area (Å²) in [7, 11) is 0. The summed E-state index contributed by atoms with van der Waals surface area (Å²) in [5, 5.41) is 14.2. The summed E-state index contributed by atoms with van der Waals surface area (Å²) < 4.78 is 12.9. The summed E-state index contributed by atoms with van der Waals surface area (Å²) in [5.41, 5.74) is 11.5. The fourth-order valence-corrected chi connectivity index (χ4v) is 9.72. The lowest BCUT2D eigenvalue weighted by Crippen LogP contribution is -2.10. The van der Waals surface area contributed by atoms with Crippen LogP contribution in [0.25, 0.3) is 109 Å². The van der Waals surface area contributed by atoms with Crippen molar-refractivity contribution >= 4 is 104 Å². The van der Waals surface area contributed by atoms with Gasteiger partial charge in [0.15, 0.2) is 0 Å². The Balaban J connectivity index is 0.981. The molecule has 0 N–H and O–H groups in total. The predicted octanol–water partition coefficient (Wildman–Crippen LogP) is 16.9. The topological polar surface area (TPSA) is 29.5 Å². The Hall–Kier alpha value is -8.14. The van der Waals surface area contributed by atoms with Crippen LogP contribution in [0.2, 0.25) is 0 Å². The highest BCUT2D eigenvalue weighted by molar-refractivity contribution is 6.21. The van der Waals surface area contributed by atoms with Gasteiger partial charge in [-0.2, -0.15) is 0 Å². The molecule has 0 saturated carbocycles. The summed E-state index contributed by atoms with van der Waals surface area (Å²) in [6.07, 6.45) is 0. The monoisotopic (exact) mass is 777 g/mol. The number of hydrogen-bond donors (Lipinski definition) is 0. The molecule has 0 amide bonds. The lowest BCUT2D eigenvalue weighted by Gasteiger charge is -2.27. The van der Waals surface area contributed by atoms with Crippen molar-refractivity contribution in [2.24, 2.45) is 0 Å². The average Bonchev–Trinajstić information content (AvgIpc) is 3.90. The van der Waals surface area contributed by atoms with Crippen molar-refractivity contribution in [3.05, 3.63) is 212 Å². The first-order valence-electron chi connectivity index (χ1n) is 20.8. The minimum atomic E-state index is 0.859. The molecular weight excluding hydrogens is 743 g/mol. The number of furan rings is 2. The highest BCUT2D eigenvalue weighted by Crippen LogP contribution is 2.45. The molecule has 0 saturated heterocycles. The molecule has 2 aromatic heterocycles. The molecule has 0 unspecified atom stereocenters. The van der Waals surface area contributed by atoms with Gasteiger partial charge in [-0.1, -0.05) is 146 Å². The maximum Gasteiger partial charge on any atom is 0.137 e. The van der Waals surface area contributed by atoms with E-state index in [-0.39, 0.29) is 0 Å².